The first kappa shape index (κ1) is 17.9. The molecule has 0 N–H and O–H groups in total. The number of hydrogen-bond donors (Lipinski definition) is 0. The zero-order valence-corrected chi connectivity index (χ0v) is 13.8. The van der Waals surface area contributed by atoms with E-state index in [1.54, 1.807) is 0 Å². The molecule has 5 nitrogen and oxygen atoms in total. The molecular formula is C16H28N2O3. The molecule has 0 aliphatic rings. The molecule has 0 saturated carbocycles. The minimum Gasteiger partial charge on any atom is -0.378 e. The molecule has 0 atom stereocenters. The molecule has 1 aromatic rings. The fourth-order valence-electron chi connectivity index (χ4n) is 2.51. The maximum absolute atomic E-state index is 11.6. The van der Waals surface area contributed by atoms with Gasteiger partial charge in [0.2, 0.25) is 10.9 Å². The molecule has 0 heterocycles. The third-order valence-electron chi connectivity index (χ3n) is 3.83. The molecule has 0 amide bonds. The third kappa shape index (κ3) is 4.64. The lowest BCUT2D eigenvalue weighted by Crippen LogP contribution is -2.43. The maximum Gasteiger partial charge on any atom is 0.249 e. The van der Waals surface area contributed by atoms with Gasteiger partial charge in [0.25, 0.3) is 0 Å². The van der Waals surface area contributed by atoms with Crippen LogP contribution in [0.25, 0.3) is 0 Å². The molecule has 1 aromatic carbocycles. The SMILES string of the molecule is CCCN(CC)CCOCCN(C)c1c(CC)c(=O)c1=O. The molecule has 0 spiro atoms. The van der Waals surface area contributed by atoms with Gasteiger partial charge in [-0.25, -0.2) is 0 Å². The zero-order chi connectivity index (χ0) is 15.8. The van der Waals surface area contributed by atoms with Crippen LogP contribution < -0.4 is 15.8 Å². The van der Waals surface area contributed by atoms with Crippen molar-refractivity contribution in [2.45, 2.75) is 33.6 Å². The van der Waals surface area contributed by atoms with E-state index in [0.717, 1.165) is 26.1 Å². The van der Waals surface area contributed by atoms with Crippen LogP contribution in [0.15, 0.2) is 9.59 Å². The third-order valence-corrected chi connectivity index (χ3v) is 3.83. The number of ether oxygens (including phenoxy) is 1. The molecule has 0 unspecified atom stereocenters. The van der Waals surface area contributed by atoms with Gasteiger partial charge in [0.15, 0.2) is 0 Å². The summed E-state index contributed by atoms with van der Waals surface area (Å²) >= 11 is 0. The second-order valence-electron chi connectivity index (χ2n) is 5.31. The topological polar surface area (TPSA) is 49.9 Å². The fraction of sp³-hybridized carbons (Fsp3) is 0.750. The Kier molecular flexibility index (Phi) is 7.61. The van der Waals surface area contributed by atoms with E-state index < -0.39 is 0 Å². The molecule has 21 heavy (non-hydrogen) atoms. The molecule has 120 valence electrons. The van der Waals surface area contributed by atoms with E-state index in [-0.39, 0.29) is 10.9 Å². The minimum atomic E-state index is -0.352. The summed E-state index contributed by atoms with van der Waals surface area (Å²) in [7, 11) is 1.84. The molecular weight excluding hydrogens is 268 g/mol. The summed E-state index contributed by atoms with van der Waals surface area (Å²) in [5, 5.41) is 0. The Bertz CT molecular complexity index is 492. The van der Waals surface area contributed by atoms with Crippen LogP contribution in [0.5, 0.6) is 0 Å². The lowest BCUT2D eigenvalue weighted by atomic mass is 10.0. The van der Waals surface area contributed by atoms with Crippen molar-refractivity contribution in [3.05, 3.63) is 26.0 Å². The summed E-state index contributed by atoms with van der Waals surface area (Å²) in [5.41, 5.74) is 0.558. The van der Waals surface area contributed by atoms with Gasteiger partial charge in [-0.05, 0) is 25.9 Å². The van der Waals surface area contributed by atoms with Crippen LogP contribution in [0.1, 0.15) is 32.8 Å². The van der Waals surface area contributed by atoms with Crippen molar-refractivity contribution in [2.24, 2.45) is 0 Å². The summed E-state index contributed by atoms with van der Waals surface area (Å²) in [6, 6.07) is 0. The number of anilines is 1. The highest BCUT2D eigenvalue weighted by Crippen LogP contribution is 2.12. The molecule has 0 aliphatic heterocycles. The van der Waals surface area contributed by atoms with Crippen LogP contribution in [0, 0.1) is 0 Å². The first-order chi connectivity index (χ1) is 10.1. The Morgan fingerprint density at radius 2 is 1.62 bits per heavy atom. The summed E-state index contributed by atoms with van der Waals surface area (Å²) in [4.78, 5) is 27.1. The molecule has 1 rings (SSSR count). The fourth-order valence-corrected chi connectivity index (χ4v) is 2.51. The van der Waals surface area contributed by atoms with Crippen molar-refractivity contribution in [1.29, 1.82) is 0 Å². The van der Waals surface area contributed by atoms with Crippen molar-refractivity contribution < 1.29 is 4.74 Å². The monoisotopic (exact) mass is 296 g/mol. The van der Waals surface area contributed by atoms with Gasteiger partial charge in [0.05, 0.1) is 18.9 Å². The Morgan fingerprint density at radius 3 is 2.19 bits per heavy atom. The van der Waals surface area contributed by atoms with Gasteiger partial charge in [-0.15, -0.1) is 0 Å². The summed E-state index contributed by atoms with van der Waals surface area (Å²) in [6.07, 6.45) is 1.77. The first-order valence-electron chi connectivity index (χ1n) is 7.90. The van der Waals surface area contributed by atoms with E-state index in [0.29, 0.717) is 37.4 Å². The van der Waals surface area contributed by atoms with Crippen molar-refractivity contribution in [3.63, 3.8) is 0 Å². The minimum absolute atomic E-state index is 0.321. The van der Waals surface area contributed by atoms with Gasteiger partial charge in [-0.1, -0.05) is 20.8 Å². The summed E-state index contributed by atoms with van der Waals surface area (Å²) in [6.45, 7) is 11.2. The second-order valence-corrected chi connectivity index (χ2v) is 5.31. The predicted octanol–water partition coefficient (Wildman–Crippen LogP) is 1.03. The lowest BCUT2D eigenvalue weighted by Gasteiger charge is -2.23. The smallest absolute Gasteiger partial charge is 0.249 e. The Labute approximate surface area is 127 Å². The van der Waals surface area contributed by atoms with Crippen LogP contribution in [-0.2, 0) is 11.2 Å². The molecule has 0 aliphatic carbocycles. The molecule has 0 aromatic heterocycles. The van der Waals surface area contributed by atoms with Gasteiger partial charge < -0.3 is 14.5 Å². The van der Waals surface area contributed by atoms with E-state index in [1.165, 1.54) is 0 Å². The zero-order valence-electron chi connectivity index (χ0n) is 13.8. The number of hydrogen-bond acceptors (Lipinski definition) is 5. The number of likely N-dealkylation sites (N-methyl/N-ethyl adjacent to an activating group) is 2. The van der Waals surface area contributed by atoms with Crippen molar-refractivity contribution in [1.82, 2.24) is 4.90 Å². The molecule has 0 bridgehead atoms. The van der Waals surface area contributed by atoms with Gasteiger partial charge in [0.1, 0.15) is 0 Å². The van der Waals surface area contributed by atoms with E-state index in [2.05, 4.69) is 18.7 Å². The van der Waals surface area contributed by atoms with E-state index in [9.17, 15) is 9.59 Å². The maximum atomic E-state index is 11.6. The average Bonchev–Trinajstić information content (AvgIpc) is 2.49. The average molecular weight is 296 g/mol. The van der Waals surface area contributed by atoms with Crippen molar-refractivity contribution >= 4 is 5.69 Å². The van der Waals surface area contributed by atoms with Crippen LogP contribution >= 0.6 is 0 Å². The van der Waals surface area contributed by atoms with E-state index >= 15 is 0 Å². The van der Waals surface area contributed by atoms with Gasteiger partial charge in [0, 0.05) is 25.7 Å². The lowest BCUT2D eigenvalue weighted by molar-refractivity contribution is 0.110. The normalized spacial score (nSPS) is 11.5. The number of rotatable bonds is 11. The van der Waals surface area contributed by atoms with Crippen molar-refractivity contribution in [3.8, 4) is 0 Å². The highest BCUT2D eigenvalue weighted by molar-refractivity contribution is 5.58. The summed E-state index contributed by atoms with van der Waals surface area (Å²) < 4.78 is 5.63. The highest BCUT2D eigenvalue weighted by Gasteiger charge is 2.21. The molecule has 5 heteroatoms. The Morgan fingerprint density at radius 1 is 0.952 bits per heavy atom. The number of nitrogens with zero attached hydrogens (tertiary/aromatic N) is 2. The van der Waals surface area contributed by atoms with Crippen LogP contribution in [0.2, 0.25) is 0 Å². The Balaban J connectivity index is 2.28. The van der Waals surface area contributed by atoms with Gasteiger partial charge in [-0.3, -0.25) is 9.59 Å². The Hall–Kier alpha value is -1.20. The second kappa shape index (κ2) is 8.95. The van der Waals surface area contributed by atoms with Crippen LogP contribution in [0.3, 0.4) is 0 Å². The van der Waals surface area contributed by atoms with Crippen LogP contribution in [0.4, 0.5) is 5.69 Å². The highest BCUT2D eigenvalue weighted by atomic mass is 16.5. The predicted molar refractivity (Wildman–Crippen MR) is 87.2 cm³/mol. The summed E-state index contributed by atoms with van der Waals surface area (Å²) in [5.74, 6) is 0. The first-order valence-corrected chi connectivity index (χ1v) is 7.90. The molecule has 0 saturated heterocycles. The molecule has 0 radical (unpaired) electrons. The quantitative estimate of drug-likeness (QED) is 0.451. The van der Waals surface area contributed by atoms with Gasteiger partial charge >= 0.3 is 0 Å². The van der Waals surface area contributed by atoms with E-state index in [4.69, 9.17) is 4.74 Å². The van der Waals surface area contributed by atoms with Gasteiger partial charge in [-0.2, -0.15) is 0 Å². The molecule has 0 fully saturated rings. The van der Waals surface area contributed by atoms with E-state index in [1.807, 2.05) is 18.9 Å². The van der Waals surface area contributed by atoms with Crippen LogP contribution in [-0.4, -0.2) is 51.3 Å². The standard InChI is InChI=1S/C16H28N2O3/c1-5-8-18(7-3)10-12-21-11-9-17(4)14-13(6-2)15(19)16(14)20/h5-12H2,1-4H3. The largest absolute Gasteiger partial charge is 0.378 e. The van der Waals surface area contributed by atoms with Crippen molar-refractivity contribution in [2.75, 3.05) is 51.3 Å².